The van der Waals surface area contributed by atoms with Crippen molar-refractivity contribution in [1.29, 1.82) is 5.26 Å². The van der Waals surface area contributed by atoms with E-state index >= 15 is 0 Å². The molecule has 1 aliphatic rings. The molecule has 3 heterocycles. The van der Waals surface area contributed by atoms with E-state index in [1.54, 1.807) is 24.5 Å². The summed E-state index contributed by atoms with van der Waals surface area (Å²) >= 11 is 0. The Kier molecular flexibility index (Phi) is 3.65. The van der Waals surface area contributed by atoms with E-state index in [-0.39, 0.29) is 11.8 Å². The number of pyridine rings is 1. The second-order valence-electron chi connectivity index (χ2n) is 5.11. The summed E-state index contributed by atoms with van der Waals surface area (Å²) in [7, 11) is 0. The van der Waals surface area contributed by atoms with Crippen LogP contribution in [0.15, 0.2) is 30.7 Å². The molecule has 1 fully saturated rings. The number of nitriles is 1. The molecule has 0 radical (unpaired) electrons. The first-order valence-electron chi connectivity index (χ1n) is 6.92. The van der Waals surface area contributed by atoms with Gasteiger partial charge in [0, 0.05) is 37.6 Å². The van der Waals surface area contributed by atoms with Crippen LogP contribution in [0.5, 0.6) is 0 Å². The number of hydrogen-bond acceptors (Lipinski definition) is 4. The minimum atomic E-state index is -0.0387. The van der Waals surface area contributed by atoms with E-state index < -0.39 is 0 Å². The van der Waals surface area contributed by atoms with Crippen LogP contribution in [0.2, 0.25) is 0 Å². The number of H-pyrrole nitrogens is 1. The highest BCUT2D eigenvalue weighted by atomic mass is 16.2. The van der Waals surface area contributed by atoms with E-state index in [2.05, 4.69) is 15.0 Å². The fraction of sp³-hybridized carbons (Fsp3) is 0.333. The normalized spacial score (nSPS) is 18.2. The van der Waals surface area contributed by atoms with Crippen LogP contribution in [0.1, 0.15) is 40.6 Å². The van der Waals surface area contributed by atoms with Gasteiger partial charge in [0.2, 0.25) is 0 Å². The molecule has 1 atom stereocenters. The molecule has 6 nitrogen and oxygen atoms in total. The van der Waals surface area contributed by atoms with Gasteiger partial charge >= 0.3 is 0 Å². The summed E-state index contributed by atoms with van der Waals surface area (Å²) in [4.78, 5) is 25.7. The van der Waals surface area contributed by atoms with Crippen molar-refractivity contribution in [3.63, 3.8) is 0 Å². The second kappa shape index (κ2) is 5.75. The quantitative estimate of drug-likeness (QED) is 0.907. The highest BCUT2D eigenvalue weighted by Crippen LogP contribution is 2.25. The number of rotatable bonds is 2. The lowest BCUT2D eigenvalue weighted by Gasteiger charge is -2.31. The summed E-state index contributed by atoms with van der Waals surface area (Å²) in [6.07, 6.45) is 7.00. The van der Waals surface area contributed by atoms with Crippen molar-refractivity contribution in [2.24, 2.45) is 0 Å². The van der Waals surface area contributed by atoms with Crippen LogP contribution in [0, 0.1) is 11.3 Å². The van der Waals surface area contributed by atoms with E-state index in [9.17, 15) is 4.79 Å². The number of imidazole rings is 1. The zero-order chi connectivity index (χ0) is 14.7. The van der Waals surface area contributed by atoms with Crippen LogP contribution in [0.4, 0.5) is 0 Å². The molecule has 0 aliphatic carbocycles. The monoisotopic (exact) mass is 281 g/mol. The third-order valence-corrected chi connectivity index (χ3v) is 3.74. The number of amides is 1. The molecule has 1 saturated heterocycles. The maximum absolute atomic E-state index is 12.5. The maximum Gasteiger partial charge on any atom is 0.255 e. The van der Waals surface area contributed by atoms with Gasteiger partial charge in [-0.3, -0.25) is 4.79 Å². The van der Waals surface area contributed by atoms with Gasteiger partial charge in [-0.15, -0.1) is 0 Å². The zero-order valence-electron chi connectivity index (χ0n) is 11.5. The highest BCUT2D eigenvalue weighted by molar-refractivity contribution is 5.94. The first kappa shape index (κ1) is 13.3. The number of likely N-dealkylation sites (tertiary alicyclic amines) is 1. The third-order valence-electron chi connectivity index (χ3n) is 3.74. The second-order valence-corrected chi connectivity index (χ2v) is 5.11. The van der Waals surface area contributed by atoms with Gasteiger partial charge in [0.05, 0.1) is 5.56 Å². The zero-order valence-corrected chi connectivity index (χ0v) is 11.5. The van der Waals surface area contributed by atoms with Crippen molar-refractivity contribution in [3.05, 3.63) is 47.8 Å². The van der Waals surface area contributed by atoms with E-state index in [0.29, 0.717) is 17.8 Å². The van der Waals surface area contributed by atoms with Crippen LogP contribution in [-0.2, 0) is 0 Å². The Balaban J connectivity index is 1.73. The number of nitrogens with zero attached hydrogens (tertiary/aromatic N) is 4. The predicted octanol–water partition coefficient (Wildman–Crippen LogP) is 1.70. The maximum atomic E-state index is 12.5. The van der Waals surface area contributed by atoms with E-state index in [1.807, 2.05) is 11.0 Å². The molecular formula is C15H15N5O. The van der Waals surface area contributed by atoms with E-state index in [1.165, 1.54) is 6.20 Å². The van der Waals surface area contributed by atoms with Gasteiger partial charge in [-0.2, -0.15) is 5.26 Å². The molecule has 1 aliphatic heterocycles. The highest BCUT2D eigenvalue weighted by Gasteiger charge is 2.26. The molecule has 1 unspecified atom stereocenters. The Morgan fingerprint density at radius 1 is 1.43 bits per heavy atom. The fourth-order valence-corrected chi connectivity index (χ4v) is 2.65. The third kappa shape index (κ3) is 2.77. The van der Waals surface area contributed by atoms with Crippen molar-refractivity contribution in [2.45, 2.75) is 18.8 Å². The topological polar surface area (TPSA) is 85.7 Å². The molecule has 0 saturated carbocycles. The number of piperidine rings is 1. The summed E-state index contributed by atoms with van der Waals surface area (Å²) in [5, 5.41) is 8.74. The number of hydrogen-bond donors (Lipinski definition) is 1. The van der Waals surface area contributed by atoms with Crippen molar-refractivity contribution in [1.82, 2.24) is 19.9 Å². The largest absolute Gasteiger partial charge is 0.348 e. The van der Waals surface area contributed by atoms with Crippen LogP contribution in [-0.4, -0.2) is 38.8 Å². The van der Waals surface area contributed by atoms with E-state index in [4.69, 9.17) is 5.26 Å². The molecule has 21 heavy (non-hydrogen) atoms. The average Bonchev–Trinajstić information content (AvgIpc) is 3.09. The molecule has 1 amide bonds. The number of carbonyl (C=O) groups is 1. The molecule has 0 aromatic carbocycles. The smallest absolute Gasteiger partial charge is 0.255 e. The summed E-state index contributed by atoms with van der Waals surface area (Å²) < 4.78 is 0. The van der Waals surface area contributed by atoms with Crippen LogP contribution in [0.3, 0.4) is 0 Å². The SMILES string of the molecule is N#Cc1ccc(C(=O)N2CCCC(c3ncc[nH]3)C2)cn1. The van der Waals surface area contributed by atoms with Gasteiger partial charge < -0.3 is 9.88 Å². The Morgan fingerprint density at radius 2 is 2.33 bits per heavy atom. The number of nitrogens with one attached hydrogen (secondary N) is 1. The number of aromatic nitrogens is 3. The Hall–Kier alpha value is -2.68. The van der Waals surface area contributed by atoms with Gasteiger partial charge in [0.15, 0.2) is 0 Å². The lowest BCUT2D eigenvalue weighted by Crippen LogP contribution is -2.39. The van der Waals surface area contributed by atoms with Crippen LogP contribution in [0.25, 0.3) is 0 Å². The molecule has 0 bridgehead atoms. The molecule has 2 aromatic rings. The van der Waals surface area contributed by atoms with Gasteiger partial charge in [-0.05, 0) is 25.0 Å². The van der Waals surface area contributed by atoms with Crippen LogP contribution < -0.4 is 0 Å². The van der Waals surface area contributed by atoms with Gasteiger partial charge in [-0.25, -0.2) is 9.97 Å². The molecule has 0 spiro atoms. The first-order chi connectivity index (χ1) is 10.3. The van der Waals surface area contributed by atoms with Crippen molar-refractivity contribution < 1.29 is 4.79 Å². The first-order valence-corrected chi connectivity index (χ1v) is 6.92. The van der Waals surface area contributed by atoms with Gasteiger partial charge in [-0.1, -0.05) is 0 Å². The molecule has 3 rings (SSSR count). The minimum absolute atomic E-state index is 0.0387. The molecule has 1 N–H and O–H groups in total. The van der Waals surface area contributed by atoms with Crippen LogP contribution >= 0.6 is 0 Å². The Bertz CT molecular complexity index is 656. The average molecular weight is 281 g/mol. The Labute approximate surface area is 122 Å². The predicted molar refractivity (Wildman–Crippen MR) is 75.4 cm³/mol. The van der Waals surface area contributed by atoms with Crippen molar-refractivity contribution >= 4 is 5.91 Å². The fourth-order valence-electron chi connectivity index (χ4n) is 2.65. The number of aromatic amines is 1. The standard InChI is InChI=1S/C15H15N5O/c16-8-13-4-3-11(9-19-13)15(21)20-7-1-2-12(10-20)14-17-5-6-18-14/h3-6,9,12H,1-2,7,10H2,(H,17,18). The Morgan fingerprint density at radius 3 is 3.00 bits per heavy atom. The summed E-state index contributed by atoms with van der Waals surface area (Å²) in [6.45, 7) is 1.41. The minimum Gasteiger partial charge on any atom is -0.348 e. The lowest BCUT2D eigenvalue weighted by molar-refractivity contribution is 0.0704. The molecular weight excluding hydrogens is 266 g/mol. The molecule has 106 valence electrons. The molecule has 6 heteroatoms. The summed E-state index contributed by atoms with van der Waals surface area (Å²) in [5.74, 6) is 1.15. The van der Waals surface area contributed by atoms with Gasteiger partial charge in [0.1, 0.15) is 17.6 Å². The summed E-state index contributed by atoms with van der Waals surface area (Å²) in [6, 6.07) is 5.18. The van der Waals surface area contributed by atoms with E-state index in [0.717, 1.165) is 25.2 Å². The number of carbonyl (C=O) groups excluding carboxylic acids is 1. The van der Waals surface area contributed by atoms with Gasteiger partial charge in [0.25, 0.3) is 5.91 Å². The van der Waals surface area contributed by atoms with Crippen molar-refractivity contribution in [2.75, 3.05) is 13.1 Å². The summed E-state index contributed by atoms with van der Waals surface area (Å²) in [5.41, 5.74) is 0.841. The van der Waals surface area contributed by atoms with Crippen molar-refractivity contribution in [3.8, 4) is 6.07 Å². The molecule has 2 aromatic heterocycles. The lowest BCUT2D eigenvalue weighted by atomic mass is 9.97.